The van der Waals surface area contributed by atoms with Crippen LogP contribution in [0, 0.1) is 12.8 Å². The predicted molar refractivity (Wildman–Crippen MR) is 76.5 cm³/mol. The van der Waals surface area contributed by atoms with Gasteiger partial charge in [0.2, 0.25) is 0 Å². The first kappa shape index (κ1) is 11.8. The SMILES string of the molecule is Cc1[nH]c2ccccc2c1[C@@H](N)C1CCCCC1. The molecule has 1 aliphatic rings. The molecule has 1 aromatic carbocycles. The molecular formula is C16H22N2. The van der Waals surface area contributed by atoms with Crippen LogP contribution in [0.1, 0.15) is 49.4 Å². The number of aromatic nitrogens is 1. The maximum absolute atomic E-state index is 6.56. The minimum Gasteiger partial charge on any atom is -0.358 e. The summed E-state index contributed by atoms with van der Waals surface area (Å²) in [4.78, 5) is 3.47. The highest BCUT2D eigenvalue weighted by atomic mass is 14.8. The number of rotatable bonds is 2. The molecule has 2 aromatic rings. The van der Waals surface area contributed by atoms with E-state index in [1.807, 2.05) is 0 Å². The van der Waals surface area contributed by atoms with Gasteiger partial charge in [0.25, 0.3) is 0 Å². The molecule has 0 unspecified atom stereocenters. The van der Waals surface area contributed by atoms with Crippen LogP contribution in [0.3, 0.4) is 0 Å². The first-order valence-corrected chi connectivity index (χ1v) is 7.10. The molecule has 0 amide bonds. The van der Waals surface area contributed by atoms with E-state index < -0.39 is 0 Å². The second-order valence-electron chi connectivity index (χ2n) is 5.63. The first-order valence-electron chi connectivity index (χ1n) is 7.10. The van der Waals surface area contributed by atoms with E-state index in [0.717, 1.165) is 0 Å². The van der Waals surface area contributed by atoms with Crippen molar-refractivity contribution in [3.63, 3.8) is 0 Å². The Hall–Kier alpha value is -1.28. The Morgan fingerprint density at radius 1 is 1.17 bits per heavy atom. The van der Waals surface area contributed by atoms with Crippen molar-refractivity contribution in [3.05, 3.63) is 35.5 Å². The molecule has 3 N–H and O–H groups in total. The molecule has 1 aromatic heterocycles. The molecule has 1 atom stereocenters. The summed E-state index contributed by atoms with van der Waals surface area (Å²) in [7, 11) is 0. The quantitative estimate of drug-likeness (QED) is 0.819. The van der Waals surface area contributed by atoms with Gasteiger partial charge in [0, 0.05) is 22.6 Å². The van der Waals surface area contributed by atoms with Crippen molar-refractivity contribution in [2.24, 2.45) is 11.7 Å². The van der Waals surface area contributed by atoms with E-state index in [1.165, 1.54) is 54.3 Å². The van der Waals surface area contributed by atoms with Crippen molar-refractivity contribution in [1.82, 2.24) is 4.98 Å². The number of nitrogens with one attached hydrogen (secondary N) is 1. The number of aryl methyl sites for hydroxylation is 1. The predicted octanol–water partition coefficient (Wildman–Crippen LogP) is 4.06. The summed E-state index contributed by atoms with van der Waals surface area (Å²) in [6, 6.07) is 8.71. The third-order valence-electron chi connectivity index (χ3n) is 4.43. The van der Waals surface area contributed by atoms with E-state index in [1.54, 1.807) is 0 Å². The standard InChI is InChI=1S/C16H22N2/c1-11-15(13-9-5-6-10-14(13)18-11)16(17)12-7-3-2-4-8-12/h5-6,9-10,12,16,18H,2-4,7-8,17H2,1H3/t16-/m0/s1. The van der Waals surface area contributed by atoms with Crippen molar-refractivity contribution < 1.29 is 0 Å². The Labute approximate surface area is 109 Å². The van der Waals surface area contributed by atoms with Crippen molar-refractivity contribution >= 4 is 10.9 Å². The van der Waals surface area contributed by atoms with Gasteiger partial charge in [-0.25, -0.2) is 0 Å². The number of para-hydroxylation sites is 1. The topological polar surface area (TPSA) is 41.8 Å². The summed E-state index contributed by atoms with van der Waals surface area (Å²) in [5.74, 6) is 0.664. The largest absolute Gasteiger partial charge is 0.358 e. The smallest absolute Gasteiger partial charge is 0.0459 e. The van der Waals surface area contributed by atoms with E-state index in [4.69, 9.17) is 5.73 Å². The summed E-state index contributed by atoms with van der Waals surface area (Å²) in [5.41, 5.74) is 10.4. The third-order valence-corrected chi connectivity index (χ3v) is 4.43. The van der Waals surface area contributed by atoms with Crippen LogP contribution < -0.4 is 5.73 Å². The van der Waals surface area contributed by atoms with Crippen molar-refractivity contribution in [2.75, 3.05) is 0 Å². The lowest BCUT2D eigenvalue weighted by Crippen LogP contribution is -2.24. The number of nitrogens with two attached hydrogens (primary N) is 1. The zero-order valence-corrected chi connectivity index (χ0v) is 11.1. The van der Waals surface area contributed by atoms with Gasteiger partial charge in [-0.2, -0.15) is 0 Å². The van der Waals surface area contributed by atoms with Gasteiger partial charge in [-0.15, -0.1) is 0 Å². The van der Waals surface area contributed by atoms with Crippen molar-refractivity contribution in [2.45, 2.75) is 45.1 Å². The van der Waals surface area contributed by atoms with Gasteiger partial charge >= 0.3 is 0 Å². The molecule has 3 rings (SSSR count). The van der Waals surface area contributed by atoms with Crippen LogP contribution in [0.25, 0.3) is 10.9 Å². The fourth-order valence-electron chi connectivity index (χ4n) is 3.46. The zero-order valence-electron chi connectivity index (χ0n) is 11.1. The van der Waals surface area contributed by atoms with Crippen LogP contribution in [0.4, 0.5) is 0 Å². The number of aromatic amines is 1. The molecule has 0 saturated heterocycles. The van der Waals surface area contributed by atoms with Crippen LogP contribution in [-0.2, 0) is 0 Å². The highest BCUT2D eigenvalue weighted by molar-refractivity contribution is 5.85. The molecule has 2 heteroatoms. The van der Waals surface area contributed by atoms with Gasteiger partial charge < -0.3 is 10.7 Å². The van der Waals surface area contributed by atoms with Crippen LogP contribution in [0.15, 0.2) is 24.3 Å². The lowest BCUT2D eigenvalue weighted by Gasteiger charge is -2.28. The summed E-state index contributed by atoms with van der Waals surface area (Å²) >= 11 is 0. The van der Waals surface area contributed by atoms with Gasteiger partial charge in [0.1, 0.15) is 0 Å². The highest BCUT2D eigenvalue weighted by Crippen LogP contribution is 2.37. The van der Waals surface area contributed by atoms with Crippen molar-refractivity contribution in [3.8, 4) is 0 Å². The van der Waals surface area contributed by atoms with Gasteiger partial charge in [-0.3, -0.25) is 0 Å². The second-order valence-corrected chi connectivity index (χ2v) is 5.63. The summed E-state index contributed by atoms with van der Waals surface area (Å²) in [6.07, 6.45) is 6.66. The Morgan fingerprint density at radius 3 is 2.67 bits per heavy atom. The molecular weight excluding hydrogens is 220 g/mol. The molecule has 0 bridgehead atoms. The van der Waals surface area contributed by atoms with Crippen LogP contribution in [0.2, 0.25) is 0 Å². The second kappa shape index (κ2) is 4.77. The Bertz CT molecular complexity index is 535. The van der Waals surface area contributed by atoms with Gasteiger partial charge in [0.05, 0.1) is 0 Å². The van der Waals surface area contributed by atoms with Crippen LogP contribution in [-0.4, -0.2) is 4.98 Å². The summed E-state index contributed by atoms with van der Waals surface area (Å²) < 4.78 is 0. The normalized spacial score (nSPS) is 19.2. The first-order chi connectivity index (χ1) is 8.77. The Balaban J connectivity index is 1.99. The maximum atomic E-state index is 6.56. The lowest BCUT2D eigenvalue weighted by atomic mass is 9.81. The van der Waals surface area contributed by atoms with Crippen LogP contribution in [0.5, 0.6) is 0 Å². The fraction of sp³-hybridized carbons (Fsp3) is 0.500. The third kappa shape index (κ3) is 1.95. The molecule has 1 aliphatic carbocycles. The lowest BCUT2D eigenvalue weighted by molar-refractivity contribution is 0.308. The van der Waals surface area contributed by atoms with E-state index >= 15 is 0 Å². The van der Waals surface area contributed by atoms with Crippen LogP contribution >= 0.6 is 0 Å². The van der Waals surface area contributed by atoms with Gasteiger partial charge in [0.15, 0.2) is 0 Å². The monoisotopic (exact) mass is 242 g/mol. The number of benzene rings is 1. The fourth-order valence-corrected chi connectivity index (χ4v) is 3.46. The molecule has 0 aliphatic heterocycles. The molecule has 1 heterocycles. The van der Waals surface area contributed by atoms with E-state index in [2.05, 4.69) is 36.2 Å². The molecule has 18 heavy (non-hydrogen) atoms. The molecule has 0 radical (unpaired) electrons. The van der Waals surface area contributed by atoms with E-state index in [0.29, 0.717) is 5.92 Å². The molecule has 0 spiro atoms. The molecule has 96 valence electrons. The maximum Gasteiger partial charge on any atom is 0.0459 e. The minimum atomic E-state index is 0.196. The minimum absolute atomic E-state index is 0.196. The zero-order chi connectivity index (χ0) is 12.5. The number of fused-ring (bicyclic) bond motifs is 1. The highest BCUT2D eigenvalue weighted by Gasteiger charge is 2.25. The number of hydrogen-bond donors (Lipinski definition) is 2. The van der Waals surface area contributed by atoms with Gasteiger partial charge in [-0.1, -0.05) is 37.5 Å². The van der Waals surface area contributed by atoms with E-state index in [9.17, 15) is 0 Å². The molecule has 2 nitrogen and oxygen atoms in total. The average Bonchev–Trinajstić information content (AvgIpc) is 2.75. The Morgan fingerprint density at radius 2 is 1.89 bits per heavy atom. The summed E-state index contributed by atoms with van der Waals surface area (Å²) in [6.45, 7) is 2.15. The summed E-state index contributed by atoms with van der Waals surface area (Å²) in [5, 5.41) is 1.31. The van der Waals surface area contributed by atoms with E-state index in [-0.39, 0.29) is 6.04 Å². The number of H-pyrrole nitrogens is 1. The molecule has 1 fully saturated rings. The van der Waals surface area contributed by atoms with Gasteiger partial charge in [-0.05, 0) is 37.3 Å². The number of hydrogen-bond acceptors (Lipinski definition) is 1. The molecule has 1 saturated carbocycles. The van der Waals surface area contributed by atoms with Crippen molar-refractivity contribution in [1.29, 1.82) is 0 Å². The average molecular weight is 242 g/mol. The Kier molecular flexibility index (Phi) is 3.13.